The maximum Gasteiger partial charge on any atom is -0.00262 e. The Balaban J connectivity index is 1.15. The summed E-state index contributed by atoms with van der Waals surface area (Å²) in [5.41, 5.74) is 11.4. The molecule has 0 atom stereocenters. The maximum atomic E-state index is 2.36. The Hall–Kier alpha value is -6.50. The second-order valence-corrected chi connectivity index (χ2v) is 13.7. The summed E-state index contributed by atoms with van der Waals surface area (Å²) in [5.74, 6) is 0. The topological polar surface area (TPSA) is 0 Å². The summed E-state index contributed by atoms with van der Waals surface area (Å²) in [4.78, 5) is 0. The summed E-state index contributed by atoms with van der Waals surface area (Å²) in [6, 6.07) is 69.2. The molecule has 0 spiro atoms. The molecule has 0 heteroatoms. The highest BCUT2D eigenvalue weighted by molar-refractivity contribution is 6.22. The first kappa shape index (κ1) is 29.4. The van der Waals surface area contributed by atoms with Gasteiger partial charge < -0.3 is 0 Å². The quantitative estimate of drug-likeness (QED) is 0.167. The molecule has 0 N–H and O–H groups in total. The Bertz CT molecular complexity index is 2830. The molecular formula is C51H34. The van der Waals surface area contributed by atoms with E-state index in [0.29, 0.717) is 0 Å². The van der Waals surface area contributed by atoms with Crippen LogP contribution in [0, 0.1) is 6.92 Å². The highest BCUT2D eigenvalue weighted by Crippen LogP contribution is 2.45. The number of hydrogen-bond donors (Lipinski definition) is 0. The van der Waals surface area contributed by atoms with Gasteiger partial charge in [0.2, 0.25) is 0 Å². The van der Waals surface area contributed by atoms with Crippen molar-refractivity contribution >= 4 is 53.9 Å². The fraction of sp³-hybridized carbons (Fsp3) is 0.0196. The Kier molecular flexibility index (Phi) is 6.82. The minimum atomic E-state index is 1.23. The standard InChI is InChI=1S/C51H34/c1-33-41-15-5-7-17-43(41)49(44-18-8-6-16-42(33)44)35-23-25-36(26-24-35)50-45-19-9-11-21-47(45)51(48-22-12-10-20-46(48)50)40-30-29-38-31-37(27-28-39(38)32-40)34-13-3-2-4-14-34/h2-32H,1H3. The van der Waals surface area contributed by atoms with Crippen LogP contribution in [0.3, 0.4) is 0 Å². The average molecular weight is 647 g/mol. The predicted molar refractivity (Wildman–Crippen MR) is 220 cm³/mol. The molecule has 0 radical (unpaired) electrons. The van der Waals surface area contributed by atoms with Crippen LogP contribution in [-0.4, -0.2) is 0 Å². The third kappa shape index (κ3) is 4.76. The van der Waals surface area contributed by atoms with Crippen LogP contribution in [0.2, 0.25) is 0 Å². The SMILES string of the molecule is Cc1c2ccccc2c(-c2ccc(-c3c4ccccc4c(-c4ccc5cc(-c6ccccc6)ccc5c4)c4ccccc34)cc2)c2ccccc12. The molecule has 0 aliphatic carbocycles. The van der Waals surface area contributed by atoms with Crippen molar-refractivity contribution < 1.29 is 0 Å². The summed E-state index contributed by atoms with van der Waals surface area (Å²) >= 11 is 0. The molecule has 0 aliphatic rings. The molecule has 10 rings (SSSR count). The minimum Gasteiger partial charge on any atom is -0.0622 e. The van der Waals surface area contributed by atoms with Gasteiger partial charge in [0.25, 0.3) is 0 Å². The van der Waals surface area contributed by atoms with E-state index in [4.69, 9.17) is 0 Å². The third-order valence-electron chi connectivity index (χ3n) is 10.8. The van der Waals surface area contributed by atoms with Crippen molar-refractivity contribution in [3.63, 3.8) is 0 Å². The predicted octanol–water partition coefficient (Wildman–Crippen LogP) is 14.4. The van der Waals surface area contributed by atoms with Crippen LogP contribution in [0.1, 0.15) is 5.56 Å². The molecule has 0 fully saturated rings. The molecule has 238 valence electrons. The van der Waals surface area contributed by atoms with Gasteiger partial charge in [0, 0.05) is 0 Å². The molecule has 51 heavy (non-hydrogen) atoms. The molecule has 0 heterocycles. The van der Waals surface area contributed by atoms with Crippen molar-refractivity contribution in [2.75, 3.05) is 0 Å². The molecule has 0 amide bonds. The molecule has 0 aromatic heterocycles. The zero-order valence-corrected chi connectivity index (χ0v) is 28.4. The Morgan fingerprint density at radius 1 is 0.235 bits per heavy atom. The first-order valence-electron chi connectivity index (χ1n) is 17.8. The van der Waals surface area contributed by atoms with Gasteiger partial charge in [-0.3, -0.25) is 0 Å². The average Bonchev–Trinajstić information content (AvgIpc) is 3.20. The largest absolute Gasteiger partial charge is 0.0622 e. The van der Waals surface area contributed by atoms with Gasteiger partial charge in [-0.2, -0.15) is 0 Å². The van der Waals surface area contributed by atoms with Crippen LogP contribution in [0.15, 0.2) is 188 Å². The van der Waals surface area contributed by atoms with Gasteiger partial charge in [-0.05, 0) is 123 Å². The Morgan fingerprint density at radius 3 is 1.00 bits per heavy atom. The molecule has 10 aromatic carbocycles. The number of benzene rings is 10. The van der Waals surface area contributed by atoms with Crippen molar-refractivity contribution in [1.82, 2.24) is 0 Å². The molecule has 0 nitrogen and oxygen atoms in total. The minimum absolute atomic E-state index is 1.23. The number of rotatable bonds is 4. The van der Waals surface area contributed by atoms with Gasteiger partial charge in [-0.1, -0.05) is 176 Å². The number of hydrogen-bond acceptors (Lipinski definition) is 0. The van der Waals surface area contributed by atoms with Crippen LogP contribution in [0.25, 0.3) is 98.4 Å². The van der Waals surface area contributed by atoms with Gasteiger partial charge in [-0.25, -0.2) is 0 Å². The Morgan fingerprint density at radius 2 is 0.549 bits per heavy atom. The van der Waals surface area contributed by atoms with Gasteiger partial charge in [0.1, 0.15) is 0 Å². The van der Waals surface area contributed by atoms with Gasteiger partial charge >= 0.3 is 0 Å². The lowest BCUT2D eigenvalue weighted by molar-refractivity contribution is 1.57. The zero-order valence-electron chi connectivity index (χ0n) is 28.4. The van der Waals surface area contributed by atoms with E-state index in [1.165, 1.54) is 104 Å². The molecule has 0 saturated carbocycles. The van der Waals surface area contributed by atoms with Crippen molar-refractivity contribution in [3.8, 4) is 44.5 Å². The van der Waals surface area contributed by atoms with Gasteiger partial charge in [-0.15, -0.1) is 0 Å². The van der Waals surface area contributed by atoms with Crippen LogP contribution in [0.5, 0.6) is 0 Å². The van der Waals surface area contributed by atoms with E-state index in [9.17, 15) is 0 Å². The second-order valence-electron chi connectivity index (χ2n) is 13.7. The van der Waals surface area contributed by atoms with E-state index in [0.717, 1.165) is 0 Å². The summed E-state index contributed by atoms with van der Waals surface area (Å²) in [6.07, 6.45) is 0. The number of aryl methyl sites for hydroxylation is 1. The second kappa shape index (κ2) is 11.8. The van der Waals surface area contributed by atoms with Crippen molar-refractivity contribution in [3.05, 3.63) is 194 Å². The first-order valence-corrected chi connectivity index (χ1v) is 17.8. The summed E-state index contributed by atoms with van der Waals surface area (Å²) < 4.78 is 0. The van der Waals surface area contributed by atoms with E-state index in [-0.39, 0.29) is 0 Å². The molecule has 0 unspecified atom stereocenters. The third-order valence-corrected chi connectivity index (χ3v) is 10.8. The number of fused-ring (bicyclic) bond motifs is 5. The van der Waals surface area contributed by atoms with Crippen molar-refractivity contribution in [2.45, 2.75) is 6.92 Å². The maximum absolute atomic E-state index is 2.36. The lowest BCUT2D eigenvalue weighted by atomic mass is 9.84. The normalized spacial score (nSPS) is 11.6. The van der Waals surface area contributed by atoms with E-state index < -0.39 is 0 Å². The highest BCUT2D eigenvalue weighted by atomic mass is 14.2. The summed E-state index contributed by atoms with van der Waals surface area (Å²) in [6.45, 7) is 2.25. The monoisotopic (exact) mass is 646 g/mol. The van der Waals surface area contributed by atoms with Gasteiger partial charge in [0.05, 0.1) is 0 Å². The van der Waals surface area contributed by atoms with Crippen molar-refractivity contribution in [1.29, 1.82) is 0 Å². The Labute approximate surface area is 297 Å². The lowest BCUT2D eigenvalue weighted by Crippen LogP contribution is -1.92. The molecule has 0 saturated heterocycles. The van der Waals surface area contributed by atoms with Crippen LogP contribution in [0.4, 0.5) is 0 Å². The van der Waals surface area contributed by atoms with E-state index in [1.807, 2.05) is 0 Å². The smallest absolute Gasteiger partial charge is 0.00262 e. The van der Waals surface area contributed by atoms with Crippen LogP contribution in [-0.2, 0) is 0 Å². The summed E-state index contributed by atoms with van der Waals surface area (Å²) in [5, 5.41) is 12.8. The fourth-order valence-corrected chi connectivity index (χ4v) is 8.42. The molecule has 0 aliphatic heterocycles. The van der Waals surface area contributed by atoms with Gasteiger partial charge in [0.15, 0.2) is 0 Å². The first-order chi connectivity index (χ1) is 25.2. The molecular weight excluding hydrogens is 613 g/mol. The van der Waals surface area contributed by atoms with E-state index >= 15 is 0 Å². The van der Waals surface area contributed by atoms with E-state index in [2.05, 4.69) is 195 Å². The van der Waals surface area contributed by atoms with Crippen molar-refractivity contribution in [2.24, 2.45) is 0 Å². The van der Waals surface area contributed by atoms with Crippen LogP contribution >= 0.6 is 0 Å². The highest BCUT2D eigenvalue weighted by Gasteiger charge is 2.18. The molecule has 10 aromatic rings. The zero-order chi connectivity index (χ0) is 33.9. The fourth-order valence-electron chi connectivity index (χ4n) is 8.42. The molecule has 0 bridgehead atoms. The van der Waals surface area contributed by atoms with Crippen LogP contribution < -0.4 is 0 Å². The lowest BCUT2D eigenvalue weighted by Gasteiger charge is -2.19. The van der Waals surface area contributed by atoms with E-state index in [1.54, 1.807) is 0 Å². The summed E-state index contributed by atoms with van der Waals surface area (Å²) in [7, 11) is 0.